The molecule has 2 aromatic carbocycles. The highest BCUT2D eigenvalue weighted by Gasteiger charge is 2.48. The van der Waals surface area contributed by atoms with Crippen LogP contribution in [0.3, 0.4) is 0 Å². The third-order valence-corrected chi connectivity index (χ3v) is 7.00. The molecule has 0 bridgehead atoms. The Balaban J connectivity index is 1.44. The number of non-ortho nitro benzene ring substituents is 1. The zero-order valence-electron chi connectivity index (χ0n) is 16.2. The number of nitro benzene ring substituents is 1. The van der Waals surface area contributed by atoms with Crippen molar-refractivity contribution in [3.8, 4) is 5.75 Å². The van der Waals surface area contributed by atoms with Crippen molar-refractivity contribution in [1.29, 1.82) is 0 Å². The minimum atomic E-state index is -3.78. The van der Waals surface area contributed by atoms with Gasteiger partial charge in [-0.15, -0.1) is 0 Å². The van der Waals surface area contributed by atoms with E-state index in [-0.39, 0.29) is 23.5 Å². The summed E-state index contributed by atoms with van der Waals surface area (Å²) in [7, 11) is -1.60. The fourth-order valence-corrected chi connectivity index (χ4v) is 5.49. The number of nitrogens with zero attached hydrogens (tertiary/aromatic N) is 2. The molecule has 0 spiro atoms. The average Bonchev–Trinajstić information content (AvgIpc) is 2.68. The number of phosphoric acid groups is 1. The second kappa shape index (κ2) is 7.88. The lowest BCUT2D eigenvalue weighted by Gasteiger charge is -2.46. The quantitative estimate of drug-likeness (QED) is 0.313. The molecule has 0 N–H and O–H groups in total. The van der Waals surface area contributed by atoms with Gasteiger partial charge >= 0.3 is 7.82 Å². The molecular formula is C20H24N2O6P+. The molecule has 2 unspecified atom stereocenters. The van der Waals surface area contributed by atoms with Gasteiger partial charge in [0.25, 0.3) is 5.69 Å². The largest absolute Gasteiger partial charge is 0.530 e. The molecule has 0 saturated carbocycles. The molecule has 2 aliphatic heterocycles. The lowest BCUT2D eigenvalue weighted by atomic mass is 9.92. The standard InChI is InChI=1S/C20H24N2O6P/c1-22(13-16-5-3-2-4-6-16)12-11-17-15-26-29(25,28-20(17)14-22)27-19-9-7-18(8-10-19)21(23)24/h2-10,17,20H,11-15H2,1H3/q+1/t17-,20-,22?,29?/m0/s1. The zero-order chi connectivity index (χ0) is 20.5. The van der Waals surface area contributed by atoms with Crippen molar-refractivity contribution in [2.24, 2.45) is 5.92 Å². The first-order valence-electron chi connectivity index (χ1n) is 9.59. The minimum absolute atomic E-state index is 0.0672. The summed E-state index contributed by atoms with van der Waals surface area (Å²) in [6.45, 7) is 2.91. The van der Waals surface area contributed by atoms with Crippen LogP contribution in [-0.4, -0.2) is 42.3 Å². The van der Waals surface area contributed by atoms with Gasteiger partial charge in [-0.25, -0.2) is 4.57 Å². The highest BCUT2D eigenvalue weighted by Crippen LogP contribution is 2.55. The third kappa shape index (κ3) is 4.67. The van der Waals surface area contributed by atoms with Crippen molar-refractivity contribution in [1.82, 2.24) is 0 Å². The van der Waals surface area contributed by atoms with Crippen LogP contribution in [0.15, 0.2) is 54.6 Å². The molecule has 2 aromatic rings. The SMILES string of the molecule is C[N+]1(Cc2ccccc2)CC[C@H]2COP(=O)(Oc3ccc([N+](=O)[O-])cc3)O[C@H]2C1. The fraction of sp³-hybridized carbons (Fsp3) is 0.400. The maximum absolute atomic E-state index is 13.0. The molecule has 8 nitrogen and oxygen atoms in total. The normalized spacial score (nSPS) is 31.6. The summed E-state index contributed by atoms with van der Waals surface area (Å²) < 4.78 is 30.7. The molecule has 2 saturated heterocycles. The number of fused-ring (bicyclic) bond motifs is 1. The van der Waals surface area contributed by atoms with E-state index >= 15 is 0 Å². The molecule has 154 valence electrons. The Morgan fingerprint density at radius 2 is 1.93 bits per heavy atom. The fourth-order valence-electron chi connectivity index (χ4n) is 4.00. The molecular weight excluding hydrogens is 395 g/mol. The van der Waals surface area contributed by atoms with Crippen LogP contribution in [0.1, 0.15) is 12.0 Å². The van der Waals surface area contributed by atoms with Crippen molar-refractivity contribution >= 4 is 13.5 Å². The molecule has 2 aliphatic rings. The maximum Gasteiger partial charge on any atom is 0.530 e. The van der Waals surface area contributed by atoms with E-state index < -0.39 is 12.7 Å². The highest BCUT2D eigenvalue weighted by atomic mass is 31.2. The molecule has 29 heavy (non-hydrogen) atoms. The van der Waals surface area contributed by atoms with Crippen molar-refractivity contribution in [3.63, 3.8) is 0 Å². The van der Waals surface area contributed by atoms with Crippen molar-refractivity contribution < 1.29 is 27.5 Å². The summed E-state index contributed by atoms with van der Waals surface area (Å²) >= 11 is 0. The first kappa shape index (κ1) is 20.0. The molecule has 0 aromatic heterocycles. The molecule has 4 atom stereocenters. The molecule has 4 rings (SSSR count). The number of benzene rings is 2. The van der Waals surface area contributed by atoms with E-state index in [1.54, 1.807) is 0 Å². The number of piperidine rings is 1. The van der Waals surface area contributed by atoms with Crippen LogP contribution in [0, 0.1) is 16.0 Å². The van der Waals surface area contributed by atoms with E-state index in [1.807, 2.05) is 18.2 Å². The van der Waals surface area contributed by atoms with E-state index in [0.717, 1.165) is 30.5 Å². The Morgan fingerprint density at radius 1 is 1.21 bits per heavy atom. The van der Waals surface area contributed by atoms with Gasteiger partial charge in [0.1, 0.15) is 24.9 Å². The summed E-state index contributed by atoms with van der Waals surface area (Å²) in [4.78, 5) is 10.3. The summed E-state index contributed by atoms with van der Waals surface area (Å²) in [6, 6.07) is 15.7. The summed E-state index contributed by atoms with van der Waals surface area (Å²) in [6.07, 6.45) is 0.695. The molecule has 0 aliphatic carbocycles. The van der Waals surface area contributed by atoms with Crippen LogP contribution in [0.25, 0.3) is 0 Å². The van der Waals surface area contributed by atoms with Crippen LogP contribution in [0.5, 0.6) is 5.75 Å². The van der Waals surface area contributed by atoms with Gasteiger partial charge in [0, 0.05) is 30.0 Å². The molecule has 9 heteroatoms. The second-order valence-electron chi connectivity index (χ2n) is 7.95. The number of quaternary nitrogens is 1. The lowest BCUT2D eigenvalue weighted by Crippen LogP contribution is -2.57. The first-order valence-corrected chi connectivity index (χ1v) is 11.0. The Hall–Kier alpha value is -2.25. The Morgan fingerprint density at radius 3 is 2.62 bits per heavy atom. The van der Waals surface area contributed by atoms with Gasteiger partial charge in [0.2, 0.25) is 0 Å². The number of likely N-dealkylation sites (tertiary alicyclic amines) is 1. The number of rotatable bonds is 5. The van der Waals surface area contributed by atoms with E-state index in [2.05, 4.69) is 19.2 Å². The van der Waals surface area contributed by atoms with Crippen molar-refractivity contribution in [2.75, 3.05) is 26.7 Å². The van der Waals surface area contributed by atoms with Crippen LogP contribution in [-0.2, 0) is 20.2 Å². The third-order valence-electron chi connectivity index (χ3n) is 5.57. The number of hydrogen-bond donors (Lipinski definition) is 0. The number of phosphoric ester groups is 1. The molecule has 2 heterocycles. The van der Waals surface area contributed by atoms with Gasteiger partial charge in [-0.2, -0.15) is 0 Å². The van der Waals surface area contributed by atoms with Crippen molar-refractivity contribution in [3.05, 3.63) is 70.3 Å². The minimum Gasteiger partial charge on any atom is -0.404 e. The van der Waals surface area contributed by atoms with Gasteiger partial charge in [-0.3, -0.25) is 19.2 Å². The highest BCUT2D eigenvalue weighted by molar-refractivity contribution is 7.49. The maximum atomic E-state index is 13.0. The summed E-state index contributed by atoms with van der Waals surface area (Å²) in [5.74, 6) is 0.397. The lowest BCUT2D eigenvalue weighted by molar-refractivity contribution is -0.931. The summed E-state index contributed by atoms with van der Waals surface area (Å²) in [5, 5.41) is 10.8. The Labute approximate surface area is 169 Å². The van der Waals surface area contributed by atoms with E-state index in [0.29, 0.717) is 6.61 Å². The number of nitro groups is 1. The van der Waals surface area contributed by atoms with E-state index in [1.165, 1.54) is 29.8 Å². The van der Waals surface area contributed by atoms with Gasteiger partial charge in [-0.1, -0.05) is 30.3 Å². The van der Waals surface area contributed by atoms with Crippen LogP contribution < -0.4 is 4.52 Å². The predicted octanol–water partition coefficient (Wildman–Crippen LogP) is 4.16. The zero-order valence-corrected chi connectivity index (χ0v) is 17.1. The van der Waals surface area contributed by atoms with Gasteiger partial charge in [-0.05, 0) is 12.1 Å². The van der Waals surface area contributed by atoms with Crippen molar-refractivity contribution in [2.45, 2.75) is 19.1 Å². The number of hydrogen-bond acceptors (Lipinski definition) is 6. The smallest absolute Gasteiger partial charge is 0.404 e. The van der Waals surface area contributed by atoms with Crippen LogP contribution >= 0.6 is 7.82 Å². The molecule has 2 fully saturated rings. The average molecular weight is 419 g/mol. The van der Waals surface area contributed by atoms with Crippen LogP contribution in [0.2, 0.25) is 0 Å². The van der Waals surface area contributed by atoms with Crippen LogP contribution in [0.4, 0.5) is 5.69 Å². The predicted molar refractivity (Wildman–Crippen MR) is 106 cm³/mol. The molecule has 0 amide bonds. The van der Waals surface area contributed by atoms with E-state index in [9.17, 15) is 14.7 Å². The summed E-state index contributed by atoms with van der Waals surface area (Å²) in [5.41, 5.74) is 1.19. The van der Waals surface area contributed by atoms with Gasteiger partial charge in [0.15, 0.2) is 0 Å². The Kier molecular flexibility index (Phi) is 5.44. The number of likely N-dealkylation sites (N-methyl/N-ethyl adjacent to an activating group) is 1. The topological polar surface area (TPSA) is 87.9 Å². The Bertz CT molecular complexity index is 922. The second-order valence-corrected chi connectivity index (χ2v) is 9.49. The monoisotopic (exact) mass is 419 g/mol. The van der Waals surface area contributed by atoms with Gasteiger partial charge < -0.3 is 9.01 Å². The molecule has 0 radical (unpaired) electrons. The van der Waals surface area contributed by atoms with Gasteiger partial charge in [0.05, 0.1) is 25.1 Å². The van der Waals surface area contributed by atoms with E-state index in [4.69, 9.17) is 13.6 Å². The first-order chi connectivity index (χ1) is 13.8.